The van der Waals surface area contributed by atoms with Crippen LogP contribution in [0.1, 0.15) is 50.6 Å². The molecule has 1 heterocycles. The molecule has 2 rings (SSSR count). The molecule has 1 aromatic rings. The Labute approximate surface area is 125 Å². The summed E-state index contributed by atoms with van der Waals surface area (Å²) in [5.74, 6) is 0. The minimum atomic E-state index is 0.131. The first-order valence-electron chi connectivity index (χ1n) is 7.42. The normalized spacial score (nSPS) is 23.0. The van der Waals surface area contributed by atoms with Crippen LogP contribution in [0.25, 0.3) is 0 Å². The monoisotopic (exact) mass is 324 g/mol. The number of rotatable bonds is 4. The van der Waals surface area contributed by atoms with Crippen molar-refractivity contribution in [2.75, 3.05) is 13.1 Å². The Morgan fingerprint density at radius 2 is 2.11 bits per heavy atom. The van der Waals surface area contributed by atoms with Crippen molar-refractivity contribution in [3.63, 3.8) is 0 Å². The first-order valence-corrected chi connectivity index (χ1v) is 8.22. The smallest absolute Gasteiger partial charge is 0.0318 e. The number of halogens is 1. The quantitative estimate of drug-likeness (QED) is 0.903. The van der Waals surface area contributed by atoms with Crippen LogP contribution in [0.4, 0.5) is 0 Å². The molecular formula is C16H25BrN2. The zero-order chi connectivity index (χ0) is 13.7. The molecule has 3 heteroatoms. The second kappa shape index (κ2) is 7.41. The van der Waals surface area contributed by atoms with Crippen LogP contribution in [0, 0.1) is 0 Å². The van der Waals surface area contributed by atoms with E-state index in [1.807, 2.05) is 6.07 Å². The van der Waals surface area contributed by atoms with Crippen molar-refractivity contribution >= 4 is 15.9 Å². The van der Waals surface area contributed by atoms with E-state index in [4.69, 9.17) is 5.73 Å². The number of hydrogen-bond donors (Lipinski definition) is 1. The summed E-state index contributed by atoms with van der Waals surface area (Å²) in [7, 11) is 0. The molecular weight excluding hydrogens is 300 g/mol. The summed E-state index contributed by atoms with van der Waals surface area (Å²) in [5, 5.41) is 0. The highest BCUT2D eigenvalue weighted by Gasteiger charge is 2.18. The maximum Gasteiger partial charge on any atom is 0.0318 e. The number of nitrogens with zero attached hydrogens (tertiary/aromatic N) is 1. The van der Waals surface area contributed by atoms with Gasteiger partial charge in [-0.1, -0.05) is 47.0 Å². The van der Waals surface area contributed by atoms with Gasteiger partial charge < -0.3 is 10.6 Å². The van der Waals surface area contributed by atoms with Crippen LogP contribution in [0.2, 0.25) is 0 Å². The summed E-state index contributed by atoms with van der Waals surface area (Å²) in [5.41, 5.74) is 7.57. The molecule has 0 amide bonds. The minimum Gasteiger partial charge on any atom is -0.324 e. The number of benzene rings is 1. The predicted molar refractivity (Wildman–Crippen MR) is 85.2 cm³/mol. The second-order valence-electron chi connectivity index (χ2n) is 5.65. The van der Waals surface area contributed by atoms with Gasteiger partial charge in [0.1, 0.15) is 0 Å². The number of nitrogens with two attached hydrogens (primary N) is 1. The molecule has 1 aromatic carbocycles. The highest BCUT2D eigenvalue weighted by Crippen LogP contribution is 2.25. The lowest BCUT2D eigenvalue weighted by molar-refractivity contribution is 0.206. The standard InChI is InChI=1S/C16H25BrN2/c1-13-7-3-2-6-11-19(13)12-10-16(18)14-8-4-5-9-15(14)17/h4-5,8-9,13,16H,2-3,6-7,10-12,18H2,1H3. The maximum absolute atomic E-state index is 6.34. The fraction of sp³-hybridized carbons (Fsp3) is 0.625. The molecule has 2 atom stereocenters. The third-order valence-corrected chi connectivity index (χ3v) is 4.94. The molecule has 2 nitrogen and oxygen atoms in total. The molecule has 2 N–H and O–H groups in total. The highest BCUT2D eigenvalue weighted by atomic mass is 79.9. The Bertz CT molecular complexity index is 394. The summed E-state index contributed by atoms with van der Waals surface area (Å²) in [6.45, 7) is 4.71. The summed E-state index contributed by atoms with van der Waals surface area (Å²) >= 11 is 3.59. The van der Waals surface area contributed by atoms with Crippen molar-refractivity contribution in [2.24, 2.45) is 5.73 Å². The third kappa shape index (κ3) is 4.30. The molecule has 19 heavy (non-hydrogen) atoms. The van der Waals surface area contributed by atoms with E-state index in [9.17, 15) is 0 Å². The van der Waals surface area contributed by atoms with Gasteiger partial charge in [-0.3, -0.25) is 0 Å². The molecule has 1 aliphatic rings. The van der Waals surface area contributed by atoms with Crippen LogP contribution in [-0.2, 0) is 0 Å². The van der Waals surface area contributed by atoms with Crippen LogP contribution < -0.4 is 5.73 Å². The van der Waals surface area contributed by atoms with Gasteiger partial charge in [-0.25, -0.2) is 0 Å². The van der Waals surface area contributed by atoms with E-state index in [-0.39, 0.29) is 6.04 Å². The Kier molecular flexibility index (Phi) is 5.86. The minimum absolute atomic E-state index is 0.131. The lowest BCUT2D eigenvalue weighted by Crippen LogP contribution is -2.34. The molecule has 0 aliphatic carbocycles. The van der Waals surface area contributed by atoms with Gasteiger partial charge in [0, 0.05) is 23.1 Å². The first-order chi connectivity index (χ1) is 9.18. The lowest BCUT2D eigenvalue weighted by atomic mass is 10.0. The van der Waals surface area contributed by atoms with Crippen molar-refractivity contribution in [3.8, 4) is 0 Å². The molecule has 0 aromatic heterocycles. The Morgan fingerprint density at radius 3 is 2.89 bits per heavy atom. The van der Waals surface area contributed by atoms with Gasteiger partial charge in [-0.05, 0) is 44.4 Å². The Hall–Kier alpha value is -0.380. The van der Waals surface area contributed by atoms with Crippen LogP contribution >= 0.6 is 15.9 Å². The molecule has 106 valence electrons. The van der Waals surface area contributed by atoms with Crippen molar-refractivity contribution < 1.29 is 0 Å². The number of likely N-dealkylation sites (tertiary alicyclic amines) is 1. The van der Waals surface area contributed by atoms with Gasteiger partial charge in [-0.15, -0.1) is 0 Å². The molecule has 0 radical (unpaired) electrons. The van der Waals surface area contributed by atoms with E-state index < -0.39 is 0 Å². The molecule has 0 spiro atoms. The van der Waals surface area contributed by atoms with Gasteiger partial charge >= 0.3 is 0 Å². The van der Waals surface area contributed by atoms with E-state index in [2.05, 4.69) is 46.0 Å². The second-order valence-corrected chi connectivity index (χ2v) is 6.51. The SMILES string of the molecule is CC1CCCCCN1CCC(N)c1ccccc1Br. The third-order valence-electron chi connectivity index (χ3n) is 4.22. The molecule has 0 saturated carbocycles. The molecule has 1 fully saturated rings. The Balaban J connectivity index is 1.89. The zero-order valence-corrected chi connectivity index (χ0v) is 13.4. The summed E-state index contributed by atoms with van der Waals surface area (Å²) in [4.78, 5) is 2.61. The van der Waals surface area contributed by atoms with Crippen molar-refractivity contribution in [2.45, 2.75) is 51.1 Å². The van der Waals surface area contributed by atoms with Gasteiger partial charge in [0.15, 0.2) is 0 Å². The molecule has 0 bridgehead atoms. The fourth-order valence-electron chi connectivity index (χ4n) is 2.90. The van der Waals surface area contributed by atoms with Crippen molar-refractivity contribution in [3.05, 3.63) is 34.3 Å². The van der Waals surface area contributed by atoms with Crippen LogP contribution in [-0.4, -0.2) is 24.0 Å². The molecule has 1 aliphatic heterocycles. The van der Waals surface area contributed by atoms with Crippen molar-refractivity contribution in [1.82, 2.24) is 4.90 Å². The van der Waals surface area contributed by atoms with E-state index in [1.54, 1.807) is 0 Å². The predicted octanol–water partition coefficient (Wildman–Crippen LogP) is 4.10. The van der Waals surface area contributed by atoms with Crippen LogP contribution in [0.5, 0.6) is 0 Å². The molecule has 2 unspecified atom stereocenters. The van der Waals surface area contributed by atoms with Gasteiger partial charge in [0.2, 0.25) is 0 Å². The zero-order valence-electron chi connectivity index (χ0n) is 11.8. The topological polar surface area (TPSA) is 29.3 Å². The van der Waals surface area contributed by atoms with E-state index in [1.165, 1.54) is 37.8 Å². The van der Waals surface area contributed by atoms with Gasteiger partial charge in [0.25, 0.3) is 0 Å². The van der Waals surface area contributed by atoms with Crippen molar-refractivity contribution in [1.29, 1.82) is 0 Å². The lowest BCUT2D eigenvalue weighted by Gasteiger charge is -2.28. The van der Waals surface area contributed by atoms with E-state index >= 15 is 0 Å². The summed E-state index contributed by atoms with van der Waals surface area (Å²) < 4.78 is 1.13. The average Bonchev–Trinajstić information content (AvgIpc) is 2.61. The van der Waals surface area contributed by atoms with E-state index in [0.717, 1.165) is 17.4 Å². The molecule has 1 saturated heterocycles. The summed E-state index contributed by atoms with van der Waals surface area (Å²) in [6.07, 6.45) is 6.48. The largest absolute Gasteiger partial charge is 0.324 e. The van der Waals surface area contributed by atoms with Gasteiger partial charge in [-0.2, -0.15) is 0 Å². The summed E-state index contributed by atoms with van der Waals surface area (Å²) in [6, 6.07) is 9.15. The van der Waals surface area contributed by atoms with Gasteiger partial charge in [0.05, 0.1) is 0 Å². The van der Waals surface area contributed by atoms with E-state index in [0.29, 0.717) is 6.04 Å². The first kappa shape index (κ1) is 15.0. The maximum atomic E-state index is 6.34. The highest BCUT2D eigenvalue weighted by molar-refractivity contribution is 9.10. The fourth-order valence-corrected chi connectivity index (χ4v) is 3.48. The van der Waals surface area contributed by atoms with Crippen LogP contribution in [0.15, 0.2) is 28.7 Å². The Morgan fingerprint density at radius 1 is 1.32 bits per heavy atom. The average molecular weight is 325 g/mol. The number of hydrogen-bond acceptors (Lipinski definition) is 2. The van der Waals surface area contributed by atoms with Crippen LogP contribution in [0.3, 0.4) is 0 Å².